The number of esters is 1. The normalized spacial score (nSPS) is 12.9. The minimum absolute atomic E-state index is 0.146. The summed E-state index contributed by atoms with van der Waals surface area (Å²) in [6, 6.07) is 17.9. The zero-order valence-corrected chi connectivity index (χ0v) is 17.2. The van der Waals surface area contributed by atoms with E-state index in [0.29, 0.717) is 5.89 Å². The monoisotopic (exact) mass is 407 g/mol. The van der Waals surface area contributed by atoms with Gasteiger partial charge in [0, 0.05) is 5.56 Å². The lowest BCUT2D eigenvalue weighted by Crippen LogP contribution is -2.46. The highest BCUT2D eigenvalue weighted by Gasteiger charge is 2.29. The molecule has 0 aliphatic rings. The van der Waals surface area contributed by atoms with Crippen molar-refractivity contribution in [2.75, 3.05) is 0 Å². The molecule has 0 bridgehead atoms. The molecule has 0 spiro atoms. The molecule has 0 aliphatic carbocycles. The number of carbonyl (C=O) groups is 2. The van der Waals surface area contributed by atoms with Gasteiger partial charge in [-0.05, 0) is 30.5 Å². The van der Waals surface area contributed by atoms with Crippen LogP contribution >= 0.6 is 0 Å². The van der Waals surface area contributed by atoms with E-state index in [0.717, 1.165) is 11.1 Å². The van der Waals surface area contributed by atoms with E-state index in [2.05, 4.69) is 15.5 Å². The van der Waals surface area contributed by atoms with Crippen molar-refractivity contribution in [3.63, 3.8) is 0 Å². The van der Waals surface area contributed by atoms with Gasteiger partial charge < -0.3 is 14.5 Å². The van der Waals surface area contributed by atoms with E-state index < -0.39 is 18.1 Å². The van der Waals surface area contributed by atoms with Gasteiger partial charge in [0.25, 0.3) is 5.89 Å². The summed E-state index contributed by atoms with van der Waals surface area (Å²) in [5.74, 6) is -0.385. The van der Waals surface area contributed by atoms with Crippen LogP contribution in [0.15, 0.2) is 65.1 Å². The lowest BCUT2D eigenvalue weighted by molar-refractivity contribution is -0.154. The second kappa shape index (κ2) is 9.82. The van der Waals surface area contributed by atoms with Crippen LogP contribution in [0.5, 0.6) is 0 Å². The van der Waals surface area contributed by atoms with Gasteiger partial charge in [-0.2, -0.15) is 0 Å². The number of amides is 1. The predicted molar refractivity (Wildman–Crippen MR) is 111 cm³/mol. The van der Waals surface area contributed by atoms with Crippen LogP contribution in [0.3, 0.4) is 0 Å². The molecule has 2 atom stereocenters. The Bertz CT molecular complexity index is 970. The molecule has 156 valence electrons. The first-order valence-electron chi connectivity index (χ1n) is 9.86. The van der Waals surface area contributed by atoms with Gasteiger partial charge in [-0.3, -0.25) is 4.79 Å². The number of benzene rings is 2. The van der Waals surface area contributed by atoms with Crippen LogP contribution in [-0.2, 0) is 20.7 Å². The van der Waals surface area contributed by atoms with E-state index in [1.54, 1.807) is 6.92 Å². The summed E-state index contributed by atoms with van der Waals surface area (Å²) in [7, 11) is 0. The van der Waals surface area contributed by atoms with Gasteiger partial charge in [-0.25, -0.2) is 4.79 Å². The largest absolute Gasteiger partial charge is 0.451 e. The van der Waals surface area contributed by atoms with Gasteiger partial charge in [0.15, 0.2) is 6.10 Å². The van der Waals surface area contributed by atoms with Gasteiger partial charge in [0.05, 0.1) is 6.42 Å². The van der Waals surface area contributed by atoms with Gasteiger partial charge in [-0.1, -0.05) is 62.4 Å². The lowest BCUT2D eigenvalue weighted by atomic mass is 10.0. The smallest absolute Gasteiger partial charge is 0.329 e. The van der Waals surface area contributed by atoms with Crippen LogP contribution in [-0.4, -0.2) is 28.1 Å². The topological polar surface area (TPSA) is 94.3 Å². The Kier molecular flexibility index (Phi) is 6.95. The summed E-state index contributed by atoms with van der Waals surface area (Å²) in [4.78, 5) is 25.1. The summed E-state index contributed by atoms with van der Waals surface area (Å²) in [6.07, 6.45) is -0.550. The molecular formula is C23H25N3O4. The summed E-state index contributed by atoms with van der Waals surface area (Å²) >= 11 is 0. The zero-order valence-electron chi connectivity index (χ0n) is 17.2. The number of hydrogen-bond acceptors (Lipinski definition) is 6. The maximum atomic E-state index is 12.7. The number of aromatic nitrogens is 2. The molecule has 0 aliphatic heterocycles. The Morgan fingerprint density at radius 2 is 1.60 bits per heavy atom. The molecule has 2 aromatic carbocycles. The Hall–Kier alpha value is -3.48. The van der Waals surface area contributed by atoms with Crippen molar-refractivity contribution in [3.8, 4) is 11.5 Å². The fraction of sp³-hybridized carbons (Fsp3) is 0.304. The molecule has 3 rings (SSSR count). The minimum atomic E-state index is -0.778. The van der Waals surface area contributed by atoms with Crippen molar-refractivity contribution in [1.82, 2.24) is 15.5 Å². The van der Waals surface area contributed by atoms with Crippen LogP contribution in [0, 0.1) is 5.92 Å². The fourth-order valence-corrected chi connectivity index (χ4v) is 2.90. The summed E-state index contributed by atoms with van der Waals surface area (Å²) in [5.41, 5.74) is 1.65. The molecule has 0 unspecified atom stereocenters. The number of nitrogens with one attached hydrogen (secondary N) is 1. The van der Waals surface area contributed by atoms with Crippen LogP contribution in [0.4, 0.5) is 0 Å². The molecule has 0 saturated heterocycles. The maximum absolute atomic E-state index is 12.7. The number of hydrogen-bond donors (Lipinski definition) is 1. The van der Waals surface area contributed by atoms with Gasteiger partial charge in [0.1, 0.15) is 6.04 Å². The minimum Gasteiger partial charge on any atom is -0.451 e. The molecule has 3 aromatic rings. The Morgan fingerprint density at radius 1 is 0.967 bits per heavy atom. The number of carbonyl (C=O) groups excluding carboxylic acids is 2. The average molecular weight is 407 g/mol. The summed E-state index contributed by atoms with van der Waals surface area (Å²) < 4.78 is 11.2. The molecule has 1 amide bonds. The Balaban J connectivity index is 1.62. The van der Waals surface area contributed by atoms with E-state index in [9.17, 15) is 9.59 Å². The molecule has 0 fully saturated rings. The van der Waals surface area contributed by atoms with E-state index in [-0.39, 0.29) is 24.1 Å². The Labute approximate surface area is 175 Å². The second-order valence-corrected chi connectivity index (χ2v) is 7.34. The van der Waals surface area contributed by atoms with Crippen LogP contribution in [0.1, 0.15) is 38.3 Å². The van der Waals surface area contributed by atoms with Crippen molar-refractivity contribution < 1.29 is 18.7 Å². The molecule has 0 radical (unpaired) electrons. The third-order valence-electron chi connectivity index (χ3n) is 4.55. The molecule has 7 heteroatoms. The van der Waals surface area contributed by atoms with Crippen LogP contribution in [0.25, 0.3) is 11.5 Å². The molecule has 1 N–H and O–H groups in total. The van der Waals surface area contributed by atoms with Crippen molar-refractivity contribution in [1.29, 1.82) is 0 Å². The highest BCUT2D eigenvalue weighted by Crippen LogP contribution is 2.22. The highest BCUT2D eigenvalue weighted by molar-refractivity contribution is 5.85. The van der Waals surface area contributed by atoms with Crippen LogP contribution in [0.2, 0.25) is 0 Å². The molecule has 7 nitrogen and oxygen atoms in total. The van der Waals surface area contributed by atoms with Crippen LogP contribution < -0.4 is 5.32 Å². The molecule has 0 saturated carbocycles. The molecule has 1 aromatic heterocycles. The summed E-state index contributed by atoms with van der Waals surface area (Å²) in [6.45, 7) is 5.35. The molecule has 30 heavy (non-hydrogen) atoms. The SMILES string of the molecule is CC(C)[C@H](NC(=O)Cc1ccccc1)C(=O)O[C@H](C)c1nnc(-c2ccccc2)o1. The van der Waals surface area contributed by atoms with Gasteiger partial charge in [-0.15, -0.1) is 10.2 Å². The first-order chi connectivity index (χ1) is 14.4. The number of nitrogens with zero attached hydrogens (tertiary/aromatic N) is 2. The predicted octanol–water partition coefficient (Wildman–Crippen LogP) is 3.72. The molecular weight excluding hydrogens is 382 g/mol. The van der Waals surface area contributed by atoms with E-state index in [4.69, 9.17) is 9.15 Å². The van der Waals surface area contributed by atoms with Gasteiger partial charge in [0.2, 0.25) is 11.8 Å². The van der Waals surface area contributed by atoms with E-state index in [1.165, 1.54) is 0 Å². The fourth-order valence-electron chi connectivity index (χ4n) is 2.90. The summed E-state index contributed by atoms with van der Waals surface area (Å²) in [5, 5.41) is 10.8. The van der Waals surface area contributed by atoms with Crippen molar-refractivity contribution >= 4 is 11.9 Å². The van der Waals surface area contributed by atoms with E-state index >= 15 is 0 Å². The first-order valence-corrected chi connectivity index (χ1v) is 9.86. The van der Waals surface area contributed by atoms with Crippen molar-refractivity contribution in [2.24, 2.45) is 5.92 Å². The third-order valence-corrected chi connectivity index (χ3v) is 4.55. The van der Waals surface area contributed by atoms with E-state index in [1.807, 2.05) is 74.5 Å². The number of ether oxygens (including phenoxy) is 1. The van der Waals surface area contributed by atoms with Crippen molar-refractivity contribution in [3.05, 3.63) is 72.1 Å². The quantitative estimate of drug-likeness (QED) is 0.572. The molecule has 1 heterocycles. The first kappa shape index (κ1) is 21.2. The van der Waals surface area contributed by atoms with Crippen molar-refractivity contribution in [2.45, 2.75) is 39.3 Å². The number of rotatable bonds is 8. The zero-order chi connectivity index (χ0) is 21.5. The lowest BCUT2D eigenvalue weighted by Gasteiger charge is -2.22. The third kappa shape index (κ3) is 5.53. The second-order valence-electron chi connectivity index (χ2n) is 7.34. The van der Waals surface area contributed by atoms with Gasteiger partial charge >= 0.3 is 5.97 Å². The standard InChI is InChI=1S/C23H25N3O4/c1-15(2)20(24-19(27)14-17-10-6-4-7-11-17)23(28)29-16(3)21-25-26-22(30-21)18-12-8-5-9-13-18/h4-13,15-16,20H,14H2,1-3H3,(H,24,27)/t16-,20+/m1/s1. The average Bonchev–Trinajstić information content (AvgIpc) is 3.23. The highest BCUT2D eigenvalue weighted by atomic mass is 16.6. The maximum Gasteiger partial charge on any atom is 0.329 e. The Morgan fingerprint density at radius 3 is 2.23 bits per heavy atom.